The lowest BCUT2D eigenvalue weighted by Crippen LogP contribution is -2.16. The third-order valence-corrected chi connectivity index (χ3v) is 6.98. The monoisotopic (exact) mass is 484 g/mol. The van der Waals surface area contributed by atoms with Crippen molar-refractivity contribution in [3.8, 4) is 0 Å². The number of carbonyl (C=O) groups excluding carboxylic acids is 1. The van der Waals surface area contributed by atoms with Gasteiger partial charge in [-0.3, -0.25) is 9.59 Å². The Balaban J connectivity index is 1.96. The molecule has 0 atom stereocenters. The summed E-state index contributed by atoms with van der Waals surface area (Å²) in [6.45, 7) is 0. The number of hydrogen-bond acceptors (Lipinski definition) is 5. The lowest BCUT2D eigenvalue weighted by molar-refractivity contribution is 0.104. The highest BCUT2D eigenvalue weighted by atomic mass is 35.5. The van der Waals surface area contributed by atoms with Crippen LogP contribution in [0.3, 0.4) is 0 Å². The van der Waals surface area contributed by atoms with Crippen LogP contribution in [0, 0.1) is 0 Å². The summed E-state index contributed by atoms with van der Waals surface area (Å²) < 4.78 is 32.3. The lowest BCUT2D eigenvalue weighted by atomic mass is 10.1. The molecule has 0 aliphatic carbocycles. The topological polar surface area (TPSA) is 81.4 Å². The van der Waals surface area contributed by atoms with Crippen LogP contribution in [0.25, 0.3) is 17.0 Å². The van der Waals surface area contributed by atoms with Gasteiger partial charge in [0.15, 0.2) is 5.43 Å². The number of halogens is 2. The van der Waals surface area contributed by atoms with E-state index >= 15 is 0 Å². The van der Waals surface area contributed by atoms with Crippen molar-refractivity contribution in [2.45, 2.75) is 4.90 Å². The van der Waals surface area contributed by atoms with Gasteiger partial charge in [-0.15, -0.1) is 0 Å². The fourth-order valence-corrected chi connectivity index (χ4v) is 4.79. The van der Waals surface area contributed by atoms with E-state index in [9.17, 15) is 18.0 Å². The molecule has 0 unspecified atom stereocenters. The van der Waals surface area contributed by atoms with Crippen LogP contribution >= 0.6 is 23.2 Å². The van der Waals surface area contributed by atoms with E-state index in [1.54, 1.807) is 24.3 Å². The first-order chi connectivity index (χ1) is 15.3. The molecule has 32 heavy (non-hydrogen) atoms. The van der Waals surface area contributed by atoms with E-state index in [1.165, 1.54) is 48.5 Å². The maximum atomic E-state index is 13.4. The number of carbonyl (C=O) groups is 1. The Morgan fingerprint density at radius 3 is 2.22 bits per heavy atom. The fourth-order valence-electron chi connectivity index (χ4n) is 3.10. The molecule has 8 heteroatoms. The molecule has 160 valence electrons. The molecular formula is C24H14Cl2O5S. The predicted molar refractivity (Wildman–Crippen MR) is 125 cm³/mol. The molecule has 0 spiro atoms. The Hall–Kier alpha value is -3.19. The summed E-state index contributed by atoms with van der Waals surface area (Å²) in [6, 6.07) is 17.9. The zero-order valence-corrected chi connectivity index (χ0v) is 18.6. The van der Waals surface area contributed by atoms with Crippen molar-refractivity contribution in [2.24, 2.45) is 0 Å². The largest absolute Gasteiger partial charge is 0.463 e. The van der Waals surface area contributed by atoms with Gasteiger partial charge in [-0.1, -0.05) is 53.5 Å². The van der Waals surface area contributed by atoms with Crippen molar-refractivity contribution in [1.29, 1.82) is 0 Å². The van der Waals surface area contributed by atoms with Crippen molar-refractivity contribution in [1.82, 2.24) is 0 Å². The molecule has 4 rings (SSSR count). The summed E-state index contributed by atoms with van der Waals surface area (Å²) >= 11 is 11.9. The highest BCUT2D eigenvalue weighted by molar-refractivity contribution is 7.96. The number of ketones is 1. The molecule has 4 aromatic rings. The van der Waals surface area contributed by atoms with Crippen molar-refractivity contribution in [3.63, 3.8) is 0 Å². The average molecular weight is 485 g/mol. The SMILES string of the molecule is O=C(/C(=C/c1coc2ccc(Cl)cc2c1=O)S(=O)(=O)c1ccc(Cl)cc1)c1ccccc1. The van der Waals surface area contributed by atoms with E-state index in [1.807, 2.05) is 0 Å². The fraction of sp³-hybridized carbons (Fsp3) is 0. The van der Waals surface area contributed by atoms with Gasteiger partial charge in [0.1, 0.15) is 16.8 Å². The second kappa shape index (κ2) is 8.74. The zero-order valence-electron chi connectivity index (χ0n) is 16.3. The first-order valence-electron chi connectivity index (χ1n) is 9.30. The average Bonchev–Trinajstić information content (AvgIpc) is 2.79. The first-order valence-corrected chi connectivity index (χ1v) is 11.5. The van der Waals surface area contributed by atoms with Crippen molar-refractivity contribution in [2.75, 3.05) is 0 Å². The van der Waals surface area contributed by atoms with E-state index in [0.717, 1.165) is 12.3 Å². The minimum Gasteiger partial charge on any atom is -0.463 e. The highest BCUT2D eigenvalue weighted by Crippen LogP contribution is 2.26. The number of rotatable bonds is 5. The molecule has 0 aliphatic rings. The zero-order chi connectivity index (χ0) is 22.9. The molecule has 0 saturated heterocycles. The molecule has 0 amide bonds. The van der Waals surface area contributed by atoms with Crippen LogP contribution in [0.4, 0.5) is 0 Å². The van der Waals surface area contributed by atoms with Crippen LogP contribution in [0.2, 0.25) is 10.0 Å². The number of sulfone groups is 1. The smallest absolute Gasteiger partial charge is 0.210 e. The van der Waals surface area contributed by atoms with Gasteiger partial charge < -0.3 is 4.42 Å². The maximum Gasteiger partial charge on any atom is 0.210 e. The maximum absolute atomic E-state index is 13.4. The van der Waals surface area contributed by atoms with Crippen molar-refractivity contribution in [3.05, 3.63) is 115 Å². The normalized spacial score (nSPS) is 12.1. The van der Waals surface area contributed by atoms with Gasteiger partial charge in [0.2, 0.25) is 15.6 Å². The van der Waals surface area contributed by atoms with Gasteiger partial charge >= 0.3 is 0 Å². The minimum atomic E-state index is -4.30. The van der Waals surface area contributed by atoms with E-state index in [2.05, 4.69) is 0 Å². The number of hydrogen-bond donors (Lipinski definition) is 0. The Morgan fingerprint density at radius 2 is 1.53 bits per heavy atom. The van der Waals surface area contributed by atoms with E-state index in [4.69, 9.17) is 27.6 Å². The van der Waals surface area contributed by atoms with Crippen LogP contribution in [-0.2, 0) is 9.84 Å². The first kappa shape index (κ1) is 22.0. The standard InChI is InChI=1S/C24H14Cl2O5S/c25-17-6-9-19(10-7-17)32(29,30)22(24(28)15-4-2-1-3-5-15)12-16-14-31-21-11-8-18(26)13-20(21)23(16)27/h1-14H/b22-12-. The summed E-state index contributed by atoms with van der Waals surface area (Å²) in [5.74, 6) is -0.758. The van der Waals surface area contributed by atoms with Gasteiger partial charge in [-0.25, -0.2) is 8.42 Å². The van der Waals surface area contributed by atoms with Crippen LogP contribution in [0.1, 0.15) is 15.9 Å². The second-order valence-electron chi connectivity index (χ2n) is 6.82. The van der Waals surface area contributed by atoms with Crippen LogP contribution in [-0.4, -0.2) is 14.2 Å². The van der Waals surface area contributed by atoms with Gasteiger partial charge in [-0.05, 0) is 48.5 Å². The third kappa shape index (κ3) is 4.25. The quantitative estimate of drug-likeness (QED) is 0.264. The predicted octanol–water partition coefficient (Wildman–Crippen LogP) is 5.80. The van der Waals surface area contributed by atoms with Crippen LogP contribution in [0.5, 0.6) is 0 Å². The Labute approximate surface area is 193 Å². The summed E-state index contributed by atoms with van der Waals surface area (Å²) in [5.41, 5.74) is -0.174. The molecule has 0 N–H and O–H groups in total. The van der Waals surface area contributed by atoms with Crippen molar-refractivity contribution < 1.29 is 17.6 Å². The summed E-state index contributed by atoms with van der Waals surface area (Å²) in [4.78, 5) is 25.5. The molecule has 0 bridgehead atoms. The van der Waals surface area contributed by atoms with E-state index in [-0.39, 0.29) is 27.0 Å². The van der Waals surface area contributed by atoms with Gasteiger partial charge in [0, 0.05) is 15.6 Å². The van der Waals surface area contributed by atoms with Crippen molar-refractivity contribution >= 4 is 55.9 Å². The summed E-state index contributed by atoms with van der Waals surface area (Å²) in [5, 5.41) is 0.831. The van der Waals surface area contributed by atoms with Gasteiger partial charge in [0.25, 0.3) is 0 Å². The molecule has 0 fully saturated rings. The van der Waals surface area contributed by atoms with Gasteiger partial charge in [-0.2, -0.15) is 0 Å². The molecule has 5 nitrogen and oxygen atoms in total. The Kier molecular flexibility index (Phi) is 6.02. The molecule has 0 saturated carbocycles. The molecular weight excluding hydrogens is 471 g/mol. The molecule has 0 radical (unpaired) electrons. The number of fused-ring (bicyclic) bond motifs is 1. The van der Waals surface area contributed by atoms with E-state index in [0.29, 0.717) is 10.0 Å². The van der Waals surface area contributed by atoms with Crippen LogP contribution in [0.15, 0.2) is 98.1 Å². The third-order valence-electron chi connectivity index (χ3n) is 4.72. The van der Waals surface area contributed by atoms with E-state index < -0.39 is 26.0 Å². The molecule has 3 aromatic carbocycles. The summed E-state index contributed by atoms with van der Waals surface area (Å²) in [7, 11) is -4.30. The minimum absolute atomic E-state index is 0.100. The molecule has 1 aromatic heterocycles. The second-order valence-corrected chi connectivity index (χ2v) is 9.61. The summed E-state index contributed by atoms with van der Waals surface area (Å²) in [6.07, 6.45) is 2.15. The van der Waals surface area contributed by atoms with Crippen LogP contribution < -0.4 is 5.43 Å². The lowest BCUT2D eigenvalue weighted by Gasteiger charge is -2.10. The number of allylic oxidation sites excluding steroid dienone is 1. The Morgan fingerprint density at radius 1 is 0.875 bits per heavy atom. The number of benzene rings is 3. The molecule has 1 heterocycles. The molecule has 0 aliphatic heterocycles. The highest BCUT2D eigenvalue weighted by Gasteiger charge is 2.28. The Bertz CT molecular complexity index is 1520. The number of Topliss-reactive ketones (excluding diaryl/α,β-unsaturated/α-hetero) is 1. The van der Waals surface area contributed by atoms with Gasteiger partial charge in [0.05, 0.1) is 15.8 Å².